The molecule has 0 amide bonds. The van der Waals surface area contributed by atoms with Crippen LogP contribution in [0.15, 0.2) is 0 Å². The molecule has 1 heterocycles. The average Bonchev–Trinajstić information content (AvgIpc) is 2.04. The Morgan fingerprint density at radius 3 is 3.00 bits per heavy atom. The minimum atomic E-state index is 0.221. The first-order chi connectivity index (χ1) is 4.88. The third kappa shape index (κ3) is 1.68. The molecule has 3 nitrogen and oxygen atoms in total. The van der Waals surface area contributed by atoms with Gasteiger partial charge in [0.25, 0.3) is 0 Å². The van der Waals surface area contributed by atoms with E-state index in [9.17, 15) is 0 Å². The normalized spacial score (nSPS) is 34.2. The van der Waals surface area contributed by atoms with Gasteiger partial charge in [0, 0.05) is 19.6 Å². The van der Waals surface area contributed by atoms with Crippen LogP contribution in [-0.2, 0) is 9.47 Å². The van der Waals surface area contributed by atoms with E-state index in [1.807, 2.05) is 0 Å². The van der Waals surface area contributed by atoms with Crippen LogP contribution in [0.5, 0.6) is 0 Å². The van der Waals surface area contributed by atoms with Gasteiger partial charge in [0.15, 0.2) is 0 Å². The Morgan fingerprint density at radius 2 is 2.50 bits per heavy atom. The predicted octanol–water partition coefficient (Wildman–Crippen LogP) is -0.00340. The van der Waals surface area contributed by atoms with Gasteiger partial charge in [-0.1, -0.05) is 0 Å². The molecule has 0 aromatic rings. The first-order valence-electron chi connectivity index (χ1n) is 3.69. The van der Waals surface area contributed by atoms with Crippen molar-refractivity contribution in [3.8, 4) is 0 Å². The molecule has 2 atom stereocenters. The monoisotopic (exact) mass is 145 g/mol. The van der Waals surface area contributed by atoms with Crippen molar-refractivity contribution in [2.75, 3.05) is 26.9 Å². The smallest absolute Gasteiger partial charge is 0.0845 e. The number of ether oxygens (including phenoxy) is 2. The molecule has 1 fully saturated rings. The van der Waals surface area contributed by atoms with Crippen molar-refractivity contribution in [2.45, 2.75) is 12.5 Å². The minimum absolute atomic E-state index is 0.221. The Labute approximate surface area is 61.5 Å². The van der Waals surface area contributed by atoms with E-state index in [1.165, 1.54) is 0 Å². The molecule has 0 radical (unpaired) electrons. The quantitative estimate of drug-likeness (QED) is 0.594. The van der Waals surface area contributed by atoms with E-state index < -0.39 is 0 Å². The van der Waals surface area contributed by atoms with Gasteiger partial charge in [0.05, 0.1) is 12.7 Å². The molecule has 1 saturated heterocycles. The maximum absolute atomic E-state index is 5.53. The molecule has 0 spiro atoms. The summed E-state index contributed by atoms with van der Waals surface area (Å²) in [5.41, 5.74) is 5.53. The molecular formula is C7H15NO2. The van der Waals surface area contributed by atoms with Gasteiger partial charge in [-0.05, 0) is 13.0 Å². The van der Waals surface area contributed by atoms with Crippen LogP contribution in [-0.4, -0.2) is 33.0 Å². The molecule has 0 aliphatic carbocycles. The Balaban J connectivity index is 2.34. The second-order valence-electron chi connectivity index (χ2n) is 2.63. The van der Waals surface area contributed by atoms with Crippen LogP contribution >= 0.6 is 0 Å². The molecule has 10 heavy (non-hydrogen) atoms. The lowest BCUT2D eigenvalue weighted by Gasteiger charge is -2.29. The molecule has 1 rings (SSSR count). The minimum Gasteiger partial charge on any atom is -0.379 e. The second-order valence-corrected chi connectivity index (χ2v) is 2.63. The molecule has 2 N–H and O–H groups in total. The lowest BCUT2D eigenvalue weighted by atomic mass is 9.98. The van der Waals surface area contributed by atoms with Crippen LogP contribution in [0.1, 0.15) is 6.42 Å². The summed E-state index contributed by atoms with van der Waals surface area (Å²) in [5.74, 6) is 0.499. The summed E-state index contributed by atoms with van der Waals surface area (Å²) < 4.78 is 10.4. The lowest BCUT2D eigenvalue weighted by molar-refractivity contribution is -0.0625. The average molecular weight is 145 g/mol. The van der Waals surface area contributed by atoms with Crippen LogP contribution < -0.4 is 5.73 Å². The number of hydrogen-bond donors (Lipinski definition) is 1. The van der Waals surface area contributed by atoms with E-state index in [2.05, 4.69) is 0 Å². The van der Waals surface area contributed by atoms with Crippen molar-refractivity contribution in [2.24, 2.45) is 11.7 Å². The SMILES string of the molecule is CO[C@H]1COCC[C@@H]1CN. The summed E-state index contributed by atoms with van der Waals surface area (Å²) in [6.45, 7) is 2.25. The molecule has 1 aliphatic rings. The van der Waals surface area contributed by atoms with Crippen LogP contribution in [0.3, 0.4) is 0 Å². The molecule has 1 aliphatic heterocycles. The zero-order chi connectivity index (χ0) is 7.40. The largest absolute Gasteiger partial charge is 0.379 e. The molecule has 3 heteroatoms. The van der Waals surface area contributed by atoms with Gasteiger partial charge in [-0.15, -0.1) is 0 Å². The van der Waals surface area contributed by atoms with Crippen LogP contribution in [0.4, 0.5) is 0 Å². The highest BCUT2D eigenvalue weighted by Gasteiger charge is 2.23. The van der Waals surface area contributed by atoms with Crippen molar-refractivity contribution in [1.29, 1.82) is 0 Å². The van der Waals surface area contributed by atoms with E-state index in [-0.39, 0.29) is 6.10 Å². The van der Waals surface area contributed by atoms with Crippen molar-refractivity contribution >= 4 is 0 Å². The molecule has 0 aromatic carbocycles. The third-order valence-electron chi connectivity index (χ3n) is 2.05. The fourth-order valence-corrected chi connectivity index (χ4v) is 1.29. The number of rotatable bonds is 2. The van der Waals surface area contributed by atoms with Gasteiger partial charge >= 0.3 is 0 Å². The number of methoxy groups -OCH3 is 1. The van der Waals surface area contributed by atoms with Gasteiger partial charge in [0.2, 0.25) is 0 Å². The maximum Gasteiger partial charge on any atom is 0.0845 e. The van der Waals surface area contributed by atoms with Crippen molar-refractivity contribution in [3.63, 3.8) is 0 Å². The van der Waals surface area contributed by atoms with Crippen molar-refractivity contribution < 1.29 is 9.47 Å². The lowest BCUT2D eigenvalue weighted by Crippen LogP contribution is -2.38. The highest BCUT2D eigenvalue weighted by molar-refractivity contribution is 4.74. The van der Waals surface area contributed by atoms with Crippen molar-refractivity contribution in [1.82, 2.24) is 0 Å². The Bertz CT molecular complexity index is 85.6. The topological polar surface area (TPSA) is 44.5 Å². The molecule has 0 aromatic heterocycles. The van der Waals surface area contributed by atoms with E-state index in [1.54, 1.807) is 7.11 Å². The maximum atomic E-state index is 5.53. The van der Waals surface area contributed by atoms with E-state index in [0.717, 1.165) is 13.0 Å². The van der Waals surface area contributed by atoms with E-state index in [0.29, 0.717) is 19.1 Å². The Morgan fingerprint density at radius 1 is 1.70 bits per heavy atom. The highest BCUT2D eigenvalue weighted by Crippen LogP contribution is 2.15. The van der Waals surface area contributed by atoms with Gasteiger partial charge in [-0.2, -0.15) is 0 Å². The van der Waals surface area contributed by atoms with E-state index >= 15 is 0 Å². The first-order valence-corrected chi connectivity index (χ1v) is 3.69. The zero-order valence-electron chi connectivity index (χ0n) is 6.38. The van der Waals surface area contributed by atoms with E-state index in [4.69, 9.17) is 15.2 Å². The number of hydrogen-bond acceptors (Lipinski definition) is 3. The van der Waals surface area contributed by atoms with Crippen LogP contribution in [0.2, 0.25) is 0 Å². The summed E-state index contributed by atoms with van der Waals surface area (Å²) >= 11 is 0. The van der Waals surface area contributed by atoms with Crippen molar-refractivity contribution in [3.05, 3.63) is 0 Å². The van der Waals surface area contributed by atoms with Crippen LogP contribution in [0.25, 0.3) is 0 Å². The molecule has 0 bridgehead atoms. The number of nitrogens with two attached hydrogens (primary N) is 1. The summed E-state index contributed by atoms with van der Waals surface area (Å²) in [5, 5.41) is 0. The first kappa shape index (κ1) is 7.98. The summed E-state index contributed by atoms with van der Waals surface area (Å²) in [6.07, 6.45) is 1.26. The van der Waals surface area contributed by atoms with Gasteiger partial charge in [0.1, 0.15) is 0 Å². The Hall–Kier alpha value is -0.120. The summed E-state index contributed by atoms with van der Waals surface area (Å²) in [7, 11) is 1.71. The van der Waals surface area contributed by atoms with Gasteiger partial charge < -0.3 is 15.2 Å². The second kappa shape index (κ2) is 3.91. The fraction of sp³-hybridized carbons (Fsp3) is 1.00. The standard InChI is InChI=1S/C7H15NO2/c1-9-7-5-10-3-2-6(7)4-8/h6-7H,2-5,8H2,1H3/t6-,7+/m1/s1. The molecular weight excluding hydrogens is 130 g/mol. The van der Waals surface area contributed by atoms with Crippen LogP contribution in [0, 0.1) is 5.92 Å². The Kier molecular flexibility index (Phi) is 3.12. The fourth-order valence-electron chi connectivity index (χ4n) is 1.29. The summed E-state index contributed by atoms with van der Waals surface area (Å²) in [6, 6.07) is 0. The third-order valence-corrected chi connectivity index (χ3v) is 2.05. The summed E-state index contributed by atoms with van der Waals surface area (Å²) in [4.78, 5) is 0. The van der Waals surface area contributed by atoms with Gasteiger partial charge in [-0.25, -0.2) is 0 Å². The zero-order valence-corrected chi connectivity index (χ0v) is 6.38. The predicted molar refractivity (Wildman–Crippen MR) is 38.8 cm³/mol. The molecule has 60 valence electrons. The van der Waals surface area contributed by atoms with Gasteiger partial charge in [-0.3, -0.25) is 0 Å². The molecule has 0 unspecified atom stereocenters. The highest BCUT2D eigenvalue weighted by atomic mass is 16.5. The molecule has 0 saturated carbocycles.